The van der Waals surface area contributed by atoms with Crippen LogP contribution in [0.15, 0.2) is 39.6 Å². The molecule has 0 aromatic heterocycles. The van der Waals surface area contributed by atoms with Crippen molar-refractivity contribution in [2.45, 2.75) is 28.0 Å². The minimum absolute atomic E-state index is 0.0314. The number of halogens is 3. The molecule has 0 radical (unpaired) electrons. The monoisotopic (exact) mass is 368 g/mol. The zero-order valence-corrected chi connectivity index (χ0v) is 14.3. The lowest BCUT2D eigenvalue weighted by Gasteiger charge is -2.32. The first-order valence-electron chi connectivity index (χ1n) is 6.53. The Bertz CT molecular complexity index is 606. The Balaban J connectivity index is 2.41. The Hall–Kier alpha value is -0.490. The predicted molar refractivity (Wildman–Crippen MR) is 86.8 cm³/mol. The topological polar surface area (TPSA) is 49.7 Å². The lowest BCUT2D eigenvalue weighted by Crippen LogP contribution is -2.43. The Morgan fingerprint density at radius 2 is 1.62 bits per heavy atom. The molecule has 0 N–H and O–H groups in total. The molecule has 21 heavy (non-hydrogen) atoms. The summed E-state index contributed by atoms with van der Waals surface area (Å²) in [5.74, 6) is -0.0314. The molecule has 1 aromatic carbocycles. The minimum atomic E-state index is -3.90. The largest absolute Gasteiger partial charge is 0.356 e. The van der Waals surface area contributed by atoms with Gasteiger partial charge in [0.05, 0.1) is 4.90 Å². The summed E-state index contributed by atoms with van der Waals surface area (Å²) in [5.41, 5.74) is 0. The molecule has 1 heterocycles. The van der Waals surface area contributed by atoms with E-state index in [1.807, 2.05) is 0 Å². The summed E-state index contributed by atoms with van der Waals surface area (Å²) >= 11 is 17.8. The van der Waals surface area contributed by atoms with Crippen LogP contribution in [0.5, 0.6) is 0 Å². The number of nitrogens with zero attached hydrogens (tertiary/aromatic N) is 2. The van der Waals surface area contributed by atoms with Crippen LogP contribution in [0.1, 0.15) is 19.3 Å². The van der Waals surface area contributed by atoms with E-state index in [0.717, 1.165) is 19.3 Å². The third-order valence-electron chi connectivity index (χ3n) is 3.16. The van der Waals surface area contributed by atoms with Crippen LogP contribution in [0.25, 0.3) is 0 Å². The first-order valence-corrected chi connectivity index (χ1v) is 9.10. The van der Waals surface area contributed by atoms with Crippen molar-refractivity contribution in [1.82, 2.24) is 4.90 Å². The van der Waals surface area contributed by atoms with Crippen molar-refractivity contribution < 1.29 is 8.42 Å². The van der Waals surface area contributed by atoms with Crippen LogP contribution >= 0.6 is 34.8 Å². The molecule has 0 aliphatic carbocycles. The average molecular weight is 370 g/mol. The molecule has 1 saturated heterocycles. The third-order valence-corrected chi connectivity index (χ3v) is 4.95. The van der Waals surface area contributed by atoms with Crippen LogP contribution in [0, 0.1) is 0 Å². The summed E-state index contributed by atoms with van der Waals surface area (Å²) in [4.78, 5) is 1.81. The lowest BCUT2D eigenvalue weighted by molar-refractivity contribution is 0.339. The van der Waals surface area contributed by atoms with E-state index in [2.05, 4.69) is 4.40 Å². The van der Waals surface area contributed by atoms with Crippen LogP contribution in [0.2, 0.25) is 0 Å². The second-order valence-electron chi connectivity index (χ2n) is 4.75. The van der Waals surface area contributed by atoms with Gasteiger partial charge >= 0.3 is 0 Å². The minimum Gasteiger partial charge on any atom is -0.356 e. The van der Waals surface area contributed by atoms with E-state index < -0.39 is 13.8 Å². The van der Waals surface area contributed by atoms with Gasteiger partial charge in [-0.05, 0) is 31.4 Å². The van der Waals surface area contributed by atoms with Gasteiger partial charge in [-0.2, -0.15) is 8.42 Å². The van der Waals surface area contributed by atoms with Crippen LogP contribution in [-0.4, -0.2) is 36.0 Å². The SMILES string of the molecule is O=S(=O)(/N=C(\N1CCCCC1)C(Cl)(Cl)Cl)c1ccccc1. The van der Waals surface area contributed by atoms with Crippen molar-refractivity contribution in [1.29, 1.82) is 0 Å². The van der Waals surface area contributed by atoms with Gasteiger partial charge in [0.2, 0.25) is 3.79 Å². The molecule has 2 rings (SSSR count). The van der Waals surface area contributed by atoms with Crippen LogP contribution < -0.4 is 0 Å². The number of alkyl halides is 3. The average Bonchev–Trinajstić information content (AvgIpc) is 2.46. The number of amidine groups is 1. The predicted octanol–water partition coefficient (Wildman–Crippen LogP) is 3.63. The summed E-state index contributed by atoms with van der Waals surface area (Å²) in [6, 6.07) is 7.90. The smallest absolute Gasteiger partial charge is 0.284 e. The number of rotatable bonds is 2. The fourth-order valence-electron chi connectivity index (χ4n) is 2.15. The molecule has 0 atom stereocenters. The maximum atomic E-state index is 12.3. The van der Waals surface area contributed by atoms with Gasteiger partial charge in [0, 0.05) is 13.1 Å². The van der Waals surface area contributed by atoms with Crippen molar-refractivity contribution in [3.63, 3.8) is 0 Å². The Morgan fingerprint density at radius 3 is 2.14 bits per heavy atom. The zero-order chi connectivity index (χ0) is 15.5. The highest BCUT2D eigenvalue weighted by Gasteiger charge is 2.35. The van der Waals surface area contributed by atoms with Crippen LogP contribution in [0.4, 0.5) is 0 Å². The van der Waals surface area contributed by atoms with Gasteiger partial charge in [0.15, 0.2) is 5.84 Å². The summed E-state index contributed by atoms with van der Waals surface area (Å²) in [6.45, 7) is 1.27. The maximum absolute atomic E-state index is 12.3. The quantitative estimate of drug-likeness (QED) is 0.454. The van der Waals surface area contributed by atoms with E-state index in [0.29, 0.717) is 13.1 Å². The van der Waals surface area contributed by atoms with E-state index in [1.54, 1.807) is 23.1 Å². The first-order chi connectivity index (χ1) is 9.81. The summed E-state index contributed by atoms with van der Waals surface area (Å²) in [6.07, 6.45) is 2.92. The van der Waals surface area contributed by atoms with Gasteiger partial charge in [-0.15, -0.1) is 4.40 Å². The lowest BCUT2D eigenvalue weighted by atomic mass is 10.1. The van der Waals surface area contributed by atoms with E-state index >= 15 is 0 Å². The fourth-order valence-corrected chi connectivity index (χ4v) is 3.88. The Kier molecular flexibility index (Phi) is 5.41. The molecule has 0 unspecified atom stereocenters. The molecule has 1 fully saturated rings. The fraction of sp³-hybridized carbons (Fsp3) is 0.462. The number of hydrogen-bond donors (Lipinski definition) is 0. The van der Waals surface area contributed by atoms with Crippen molar-refractivity contribution in [2.24, 2.45) is 4.40 Å². The number of benzene rings is 1. The molecular formula is C13H15Cl3N2O2S. The van der Waals surface area contributed by atoms with Crippen molar-refractivity contribution in [3.8, 4) is 0 Å². The van der Waals surface area contributed by atoms with Crippen molar-refractivity contribution >= 4 is 50.7 Å². The summed E-state index contributed by atoms with van der Waals surface area (Å²) in [5, 5.41) is 0. The molecule has 0 saturated carbocycles. The number of likely N-dealkylation sites (tertiary alicyclic amines) is 1. The van der Waals surface area contributed by atoms with E-state index in [-0.39, 0.29) is 10.7 Å². The van der Waals surface area contributed by atoms with Crippen LogP contribution in [0.3, 0.4) is 0 Å². The molecule has 0 spiro atoms. The highest BCUT2D eigenvalue weighted by molar-refractivity contribution is 7.90. The van der Waals surface area contributed by atoms with Gasteiger partial charge in [-0.3, -0.25) is 0 Å². The molecular weight excluding hydrogens is 355 g/mol. The van der Waals surface area contributed by atoms with Gasteiger partial charge in [0.1, 0.15) is 0 Å². The number of hydrogen-bond acceptors (Lipinski definition) is 2. The van der Waals surface area contributed by atoms with Crippen LogP contribution in [-0.2, 0) is 10.0 Å². The molecule has 116 valence electrons. The van der Waals surface area contributed by atoms with Crippen molar-refractivity contribution in [3.05, 3.63) is 30.3 Å². The number of sulfonamides is 1. The van der Waals surface area contributed by atoms with Gasteiger partial charge in [0.25, 0.3) is 10.0 Å². The molecule has 4 nitrogen and oxygen atoms in total. The third kappa shape index (κ3) is 4.49. The maximum Gasteiger partial charge on any atom is 0.284 e. The van der Waals surface area contributed by atoms with Gasteiger partial charge in [-0.1, -0.05) is 53.0 Å². The van der Waals surface area contributed by atoms with E-state index in [1.165, 1.54) is 12.1 Å². The second kappa shape index (κ2) is 6.73. The van der Waals surface area contributed by atoms with E-state index in [4.69, 9.17) is 34.8 Å². The Labute approximate surface area is 139 Å². The highest BCUT2D eigenvalue weighted by atomic mass is 35.6. The zero-order valence-electron chi connectivity index (χ0n) is 11.2. The standard InChI is InChI=1S/C13H15Cl3N2O2S/c14-13(15,16)12(18-9-5-2-6-10-18)17-21(19,20)11-7-3-1-4-8-11/h1,3-4,7-8H,2,5-6,9-10H2/b17-12-. The molecule has 1 aliphatic heterocycles. The number of piperidine rings is 1. The molecule has 0 amide bonds. The molecule has 1 aromatic rings. The first kappa shape index (κ1) is 16.9. The highest BCUT2D eigenvalue weighted by Crippen LogP contribution is 2.32. The van der Waals surface area contributed by atoms with Crippen molar-refractivity contribution in [2.75, 3.05) is 13.1 Å². The van der Waals surface area contributed by atoms with Gasteiger partial charge < -0.3 is 4.90 Å². The Morgan fingerprint density at radius 1 is 1.05 bits per heavy atom. The normalized spacial score (nSPS) is 17.9. The molecule has 1 aliphatic rings. The molecule has 8 heteroatoms. The summed E-state index contributed by atoms with van der Waals surface area (Å²) in [7, 11) is -3.90. The summed E-state index contributed by atoms with van der Waals surface area (Å²) < 4.78 is 26.6. The molecule has 0 bridgehead atoms. The van der Waals surface area contributed by atoms with Gasteiger partial charge in [-0.25, -0.2) is 0 Å². The van der Waals surface area contributed by atoms with E-state index in [9.17, 15) is 8.42 Å². The second-order valence-corrected chi connectivity index (χ2v) is 8.63.